The van der Waals surface area contributed by atoms with Gasteiger partial charge in [0.1, 0.15) is 5.75 Å². The Hall–Kier alpha value is -2.34. The van der Waals surface area contributed by atoms with Crippen LogP contribution in [-0.2, 0) is 11.2 Å². The monoisotopic (exact) mass is 446 g/mol. The highest BCUT2D eigenvalue weighted by atomic mass is 79.9. The van der Waals surface area contributed by atoms with Gasteiger partial charge in [0.25, 0.3) is 5.91 Å². The number of nitrogens with zero attached hydrogens (tertiary/aromatic N) is 1. The lowest BCUT2D eigenvalue weighted by Crippen LogP contribution is -2.35. The van der Waals surface area contributed by atoms with Crippen molar-refractivity contribution in [1.82, 2.24) is 4.90 Å². The van der Waals surface area contributed by atoms with E-state index in [4.69, 9.17) is 10.5 Å². The van der Waals surface area contributed by atoms with Crippen molar-refractivity contribution < 1.29 is 14.3 Å². The molecule has 0 spiro atoms. The molecule has 2 amide bonds. The van der Waals surface area contributed by atoms with Gasteiger partial charge in [0.15, 0.2) is 0 Å². The summed E-state index contributed by atoms with van der Waals surface area (Å²) in [4.78, 5) is 25.9. The number of primary amides is 1. The lowest BCUT2D eigenvalue weighted by Gasteiger charge is -2.23. The van der Waals surface area contributed by atoms with Gasteiger partial charge in [0.2, 0.25) is 5.91 Å². The number of carbonyl (C=O) groups is 2. The van der Waals surface area contributed by atoms with Gasteiger partial charge in [0.05, 0.1) is 11.1 Å². The van der Waals surface area contributed by atoms with Crippen molar-refractivity contribution in [3.8, 4) is 5.75 Å². The molecule has 2 aromatic carbocycles. The van der Waals surface area contributed by atoms with Crippen molar-refractivity contribution in [1.29, 1.82) is 0 Å². The molecule has 150 valence electrons. The maximum absolute atomic E-state index is 13.0. The minimum absolute atomic E-state index is 0.127. The van der Waals surface area contributed by atoms with E-state index in [0.29, 0.717) is 31.7 Å². The van der Waals surface area contributed by atoms with Gasteiger partial charge in [0, 0.05) is 25.1 Å². The third-order valence-electron chi connectivity index (χ3n) is 4.36. The van der Waals surface area contributed by atoms with Crippen molar-refractivity contribution in [3.05, 3.63) is 64.1 Å². The Bertz CT molecular complexity index is 781. The van der Waals surface area contributed by atoms with Gasteiger partial charge < -0.3 is 15.4 Å². The minimum Gasteiger partial charge on any atom is -0.492 e. The van der Waals surface area contributed by atoms with Crippen LogP contribution in [0.3, 0.4) is 0 Å². The summed E-state index contributed by atoms with van der Waals surface area (Å²) in [7, 11) is 0. The zero-order chi connectivity index (χ0) is 20.4. The van der Waals surface area contributed by atoms with E-state index in [1.54, 1.807) is 23.1 Å². The first kappa shape index (κ1) is 22.0. The van der Waals surface area contributed by atoms with Gasteiger partial charge in [-0.05, 0) is 52.5 Å². The largest absolute Gasteiger partial charge is 0.492 e. The average molecular weight is 447 g/mol. The third-order valence-corrected chi connectivity index (χ3v) is 4.98. The molecule has 0 aliphatic heterocycles. The second kappa shape index (κ2) is 11.5. The Morgan fingerprint density at radius 1 is 1.11 bits per heavy atom. The van der Waals surface area contributed by atoms with Gasteiger partial charge in [-0.15, -0.1) is 0 Å². The first-order valence-electron chi connectivity index (χ1n) is 9.55. The van der Waals surface area contributed by atoms with Crippen LogP contribution in [0.4, 0.5) is 0 Å². The summed E-state index contributed by atoms with van der Waals surface area (Å²) in [6.07, 6.45) is 2.89. The van der Waals surface area contributed by atoms with Crippen LogP contribution in [0.5, 0.6) is 5.75 Å². The number of nitrogens with two attached hydrogens (primary N) is 1. The van der Waals surface area contributed by atoms with Crippen LogP contribution in [0.2, 0.25) is 0 Å². The molecule has 0 fully saturated rings. The second-order valence-electron chi connectivity index (χ2n) is 6.59. The molecule has 0 aliphatic rings. The van der Waals surface area contributed by atoms with Crippen molar-refractivity contribution in [2.75, 3.05) is 19.7 Å². The summed E-state index contributed by atoms with van der Waals surface area (Å²) in [6, 6.07) is 15.3. The molecular weight excluding hydrogens is 420 g/mol. The topological polar surface area (TPSA) is 72.6 Å². The Balaban J connectivity index is 2.09. The highest BCUT2D eigenvalue weighted by molar-refractivity contribution is 9.10. The van der Waals surface area contributed by atoms with E-state index >= 15 is 0 Å². The molecule has 0 unspecified atom stereocenters. The summed E-state index contributed by atoms with van der Waals surface area (Å²) < 4.78 is 6.47. The fraction of sp³-hybridized carbons (Fsp3) is 0.364. The summed E-state index contributed by atoms with van der Waals surface area (Å²) >= 11 is 3.48. The Morgan fingerprint density at radius 3 is 2.50 bits per heavy atom. The zero-order valence-corrected chi connectivity index (χ0v) is 17.8. The Kier molecular flexibility index (Phi) is 9.01. The highest BCUT2D eigenvalue weighted by Crippen LogP contribution is 2.27. The highest BCUT2D eigenvalue weighted by Gasteiger charge is 2.18. The van der Waals surface area contributed by atoms with Crippen LogP contribution in [0.15, 0.2) is 53.0 Å². The molecular formula is C22H27BrN2O3. The molecule has 0 aliphatic carbocycles. The number of hydrogen-bond acceptors (Lipinski definition) is 3. The number of unbranched alkanes of at least 4 members (excludes halogenated alkanes) is 1. The van der Waals surface area contributed by atoms with Crippen LogP contribution in [0.25, 0.3) is 0 Å². The predicted molar refractivity (Wildman–Crippen MR) is 114 cm³/mol. The van der Waals surface area contributed by atoms with E-state index in [2.05, 4.69) is 22.9 Å². The molecule has 2 N–H and O–H groups in total. The standard InChI is InChI=1S/C22H27BrN2O3/c1-2-3-15-28-20-10-9-18(16-19(20)23)22(27)25(14-12-21(24)26)13-11-17-7-5-4-6-8-17/h4-10,16H,2-3,11-15H2,1H3,(H2,24,26). The predicted octanol–water partition coefficient (Wildman–Crippen LogP) is 4.19. The zero-order valence-electron chi connectivity index (χ0n) is 16.2. The number of ether oxygens (including phenoxy) is 1. The molecule has 2 aromatic rings. The van der Waals surface area contributed by atoms with Crippen molar-refractivity contribution >= 4 is 27.7 Å². The molecule has 5 nitrogen and oxygen atoms in total. The second-order valence-corrected chi connectivity index (χ2v) is 7.45. The Morgan fingerprint density at radius 2 is 1.86 bits per heavy atom. The van der Waals surface area contributed by atoms with Gasteiger partial charge in [-0.3, -0.25) is 9.59 Å². The van der Waals surface area contributed by atoms with Crippen LogP contribution in [0.1, 0.15) is 42.1 Å². The number of carbonyl (C=O) groups excluding carboxylic acids is 2. The maximum Gasteiger partial charge on any atom is 0.253 e. The van der Waals surface area contributed by atoms with E-state index in [9.17, 15) is 9.59 Å². The number of hydrogen-bond donors (Lipinski definition) is 1. The van der Waals surface area contributed by atoms with E-state index in [0.717, 1.165) is 28.6 Å². The SMILES string of the molecule is CCCCOc1ccc(C(=O)N(CCC(N)=O)CCc2ccccc2)cc1Br. The first-order chi connectivity index (χ1) is 13.5. The summed E-state index contributed by atoms with van der Waals surface area (Å²) in [5.74, 6) is 0.175. The maximum atomic E-state index is 13.0. The number of amides is 2. The van der Waals surface area contributed by atoms with Crippen molar-refractivity contribution in [3.63, 3.8) is 0 Å². The van der Waals surface area contributed by atoms with Gasteiger partial charge in [-0.1, -0.05) is 43.7 Å². The fourth-order valence-corrected chi connectivity index (χ4v) is 3.22. The quantitative estimate of drug-likeness (QED) is 0.525. The number of benzene rings is 2. The Labute approximate surface area is 175 Å². The molecule has 2 rings (SSSR count). The fourth-order valence-electron chi connectivity index (χ4n) is 2.73. The normalized spacial score (nSPS) is 10.5. The molecule has 0 atom stereocenters. The minimum atomic E-state index is -0.418. The molecule has 0 bridgehead atoms. The first-order valence-corrected chi connectivity index (χ1v) is 10.3. The van der Waals surface area contributed by atoms with Crippen LogP contribution in [-0.4, -0.2) is 36.4 Å². The van der Waals surface area contributed by atoms with E-state index < -0.39 is 5.91 Å². The molecule has 0 saturated carbocycles. The summed E-state index contributed by atoms with van der Waals surface area (Å²) in [5, 5.41) is 0. The molecule has 28 heavy (non-hydrogen) atoms. The lowest BCUT2D eigenvalue weighted by atomic mass is 10.1. The molecule has 0 aromatic heterocycles. The lowest BCUT2D eigenvalue weighted by molar-refractivity contribution is -0.118. The summed E-state index contributed by atoms with van der Waals surface area (Å²) in [5.41, 5.74) is 6.98. The molecule has 0 heterocycles. The van der Waals surface area contributed by atoms with Gasteiger partial charge in [-0.2, -0.15) is 0 Å². The van der Waals surface area contributed by atoms with Crippen molar-refractivity contribution in [2.45, 2.75) is 32.6 Å². The van der Waals surface area contributed by atoms with Crippen LogP contribution in [0, 0.1) is 0 Å². The van der Waals surface area contributed by atoms with E-state index in [1.165, 1.54) is 0 Å². The van der Waals surface area contributed by atoms with Crippen LogP contribution < -0.4 is 10.5 Å². The van der Waals surface area contributed by atoms with E-state index in [-0.39, 0.29) is 12.3 Å². The molecule has 6 heteroatoms. The van der Waals surface area contributed by atoms with Crippen LogP contribution >= 0.6 is 15.9 Å². The molecule has 0 radical (unpaired) electrons. The molecule has 0 saturated heterocycles. The van der Waals surface area contributed by atoms with Gasteiger partial charge in [-0.25, -0.2) is 0 Å². The number of halogens is 1. The smallest absolute Gasteiger partial charge is 0.253 e. The third kappa shape index (κ3) is 7.00. The average Bonchev–Trinajstić information content (AvgIpc) is 2.69. The van der Waals surface area contributed by atoms with E-state index in [1.807, 2.05) is 30.3 Å². The summed E-state index contributed by atoms with van der Waals surface area (Å²) in [6.45, 7) is 3.57. The van der Waals surface area contributed by atoms with Crippen molar-refractivity contribution in [2.24, 2.45) is 5.73 Å². The number of rotatable bonds is 11. The van der Waals surface area contributed by atoms with Gasteiger partial charge >= 0.3 is 0 Å².